The third kappa shape index (κ3) is 3.37. The van der Waals surface area contributed by atoms with Crippen molar-refractivity contribution >= 4 is 5.69 Å². The van der Waals surface area contributed by atoms with Crippen LogP contribution in [0.4, 0.5) is 5.69 Å². The molecule has 0 spiro atoms. The highest BCUT2D eigenvalue weighted by atomic mass is 16.5. The summed E-state index contributed by atoms with van der Waals surface area (Å²) >= 11 is 0. The molecule has 1 heterocycles. The number of likely N-dealkylation sites (tertiary alicyclic amines) is 1. The molecule has 0 saturated carbocycles. The Labute approximate surface area is 104 Å². The Morgan fingerprint density at radius 3 is 2.71 bits per heavy atom. The summed E-state index contributed by atoms with van der Waals surface area (Å²) in [5.74, 6) is 0.979. The van der Waals surface area contributed by atoms with Crippen LogP contribution >= 0.6 is 0 Å². The second-order valence-electron chi connectivity index (χ2n) is 4.64. The van der Waals surface area contributed by atoms with Gasteiger partial charge in [-0.25, -0.2) is 0 Å². The zero-order chi connectivity index (χ0) is 12.1. The van der Waals surface area contributed by atoms with Crippen LogP contribution in [0.15, 0.2) is 18.2 Å². The Balaban J connectivity index is 2.08. The molecular formula is C14H22N2O. The van der Waals surface area contributed by atoms with Crippen LogP contribution in [0.5, 0.6) is 5.75 Å². The van der Waals surface area contributed by atoms with Gasteiger partial charge in [-0.2, -0.15) is 0 Å². The number of nitrogens with zero attached hydrogens (tertiary/aromatic N) is 1. The van der Waals surface area contributed by atoms with Gasteiger partial charge in [0.05, 0.1) is 6.61 Å². The van der Waals surface area contributed by atoms with Crippen molar-refractivity contribution in [2.24, 2.45) is 0 Å². The average Bonchev–Trinajstić information content (AvgIpc) is 2.34. The number of ether oxygens (including phenoxy) is 1. The van der Waals surface area contributed by atoms with Gasteiger partial charge in [0, 0.05) is 17.8 Å². The number of nitrogens with two attached hydrogens (primary N) is 1. The summed E-state index contributed by atoms with van der Waals surface area (Å²) in [6, 6.07) is 5.93. The predicted octanol–water partition coefficient (Wildman–Crippen LogP) is 2.65. The first kappa shape index (κ1) is 12.2. The van der Waals surface area contributed by atoms with E-state index in [1.807, 2.05) is 25.1 Å². The number of hydrogen-bond acceptors (Lipinski definition) is 3. The molecule has 0 aliphatic carbocycles. The second kappa shape index (κ2) is 5.92. The normalized spacial score (nSPS) is 17.0. The van der Waals surface area contributed by atoms with Gasteiger partial charge in [0.1, 0.15) is 5.75 Å². The minimum atomic E-state index is 0.705. The van der Waals surface area contributed by atoms with Gasteiger partial charge >= 0.3 is 0 Å². The first-order chi connectivity index (χ1) is 8.29. The SMILES string of the molecule is CCOc1ccc(N)cc1CN1CCCCC1. The van der Waals surface area contributed by atoms with Crippen LogP contribution < -0.4 is 10.5 Å². The number of rotatable bonds is 4. The van der Waals surface area contributed by atoms with E-state index in [0.29, 0.717) is 6.61 Å². The monoisotopic (exact) mass is 234 g/mol. The Morgan fingerprint density at radius 1 is 1.24 bits per heavy atom. The molecule has 0 bridgehead atoms. The maximum absolute atomic E-state index is 5.85. The molecular weight excluding hydrogens is 212 g/mol. The summed E-state index contributed by atoms with van der Waals surface area (Å²) in [6.45, 7) is 6.07. The number of piperidine rings is 1. The molecule has 1 saturated heterocycles. The summed E-state index contributed by atoms with van der Waals surface area (Å²) in [6.07, 6.45) is 3.99. The van der Waals surface area contributed by atoms with Gasteiger partial charge in [0.25, 0.3) is 0 Å². The van der Waals surface area contributed by atoms with Crippen LogP contribution in [0, 0.1) is 0 Å². The van der Waals surface area contributed by atoms with E-state index in [1.54, 1.807) is 0 Å². The minimum absolute atomic E-state index is 0.705. The van der Waals surface area contributed by atoms with E-state index in [-0.39, 0.29) is 0 Å². The smallest absolute Gasteiger partial charge is 0.123 e. The Bertz CT molecular complexity index is 359. The first-order valence-electron chi connectivity index (χ1n) is 6.53. The molecule has 1 aliphatic heterocycles. The zero-order valence-electron chi connectivity index (χ0n) is 10.6. The summed E-state index contributed by atoms with van der Waals surface area (Å²) in [5.41, 5.74) is 7.89. The number of anilines is 1. The van der Waals surface area contributed by atoms with Crippen LogP contribution in [0.25, 0.3) is 0 Å². The summed E-state index contributed by atoms with van der Waals surface area (Å²) < 4.78 is 5.65. The number of benzene rings is 1. The molecule has 1 fully saturated rings. The largest absolute Gasteiger partial charge is 0.494 e. The van der Waals surface area contributed by atoms with Gasteiger partial charge in [0.15, 0.2) is 0 Å². The predicted molar refractivity (Wildman–Crippen MR) is 71.2 cm³/mol. The molecule has 0 amide bonds. The minimum Gasteiger partial charge on any atom is -0.494 e. The standard InChI is InChI=1S/C14H22N2O/c1-2-17-14-7-6-13(15)10-12(14)11-16-8-4-3-5-9-16/h6-7,10H,2-5,8-9,11,15H2,1H3. The van der Waals surface area contributed by atoms with Gasteiger partial charge in [-0.1, -0.05) is 6.42 Å². The van der Waals surface area contributed by atoms with Gasteiger partial charge in [-0.05, 0) is 51.1 Å². The lowest BCUT2D eigenvalue weighted by Crippen LogP contribution is -2.29. The maximum atomic E-state index is 5.85. The van der Waals surface area contributed by atoms with Crippen LogP contribution in [0.2, 0.25) is 0 Å². The molecule has 0 radical (unpaired) electrons. The van der Waals surface area contributed by atoms with Gasteiger partial charge < -0.3 is 10.5 Å². The van der Waals surface area contributed by atoms with Crippen molar-refractivity contribution < 1.29 is 4.74 Å². The average molecular weight is 234 g/mol. The molecule has 1 aromatic carbocycles. The molecule has 94 valence electrons. The van der Waals surface area contributed by atoms with E-state index in [1.165, 1.54) is 37.9 Å². The molecule has 17 heavy (non-hydrogen) atoms. The van der Waals surface area contributed by atoms with Crippen molar-refractivity contribution in [2.45, 2.75) is 32.7 Å². The zero-order valence-corrected chi connectivity index (χ0v) is 10.6. The van der Waals surface area contributed by atoms with Crippen molar-refractivity contribution in [1.82, 2.24) is 4.90 Å². The topological polar surface area (TPSA) is 38.5 Å². The van der Waals surface area contributed by atoms with E-state index >= 15 is 0 Å². The first-order valence-corrected chi connectivity index (χ1v) is 6.53. The molecule has 0 aromatic heterocycles. The highest BCUT2D eigenvalue weighted by molar-refractivity contribution is 5.47. The van der Waals surface area contributed by atoms with Crippen LogP contribution in [0.3, 0.4) is 0 Å². The fourth-order valence-corrected chi connectivity index (χ4v) is 2.38. The molecule has 1 aromatic rings. The second-order valence-corrected chi connectivity index (χ2v) is 4.64. The van der Waals surface area contributed by atoms with Gasteiger partial charge in [-0.3, -0.25) is 4.90 Å². The highest BCUT2D eigenvalue weighted by Gasteiger charge is 2.13. The van der Waals surface area contributed by atoms with E-state index < -0.39 is 0 Å². The van der Waals surface area contributed by atoms with E-state index in [4.69, 9.17) is 10.5 Å². The third-order valence-corrected chi connectivity index (χ3v) is 3.23. The lowest BCUT2D eigenvalue weighted by atomic mass is 10.1. The molecule has 2 N–H and O–H groups in total. The van der Waals surface area contributed by atoms with Crippen molar-refractivity contribution in [3.05, 3.63) is 23.8 Å². The highest BCUT2D eigenvalue weighted by Crippen LogP contribution is 2.24. The maximum Gasteiger partial charge on any atom is 0.123 e. The van der Waals surface area contributed by atoms with E-state index in [2.05, 4.69) is 4.90 Å². The molecule has 3 heteroatoms. The van der Waals surface area contributed by atoms with Crippen molar-refractivity contribution in [1.29, 1.82) is 0 Å². The van der Waals surface area contributed by atoms with Crippen molar-refractivity contribution in [3.8, 4) is 5.75 Å². The van der Waals surface area contributed by atoms with Crippen LogP contribution in [-0.2, 0) is 6.54 Å². The summed E-state index contributed by atoms with van der Waals surface area (Å²) in [5, 5.41) is 0. The Morgan fingerprint density at radius 2 is 2.00 bits per heavy atom. The van der Waals surface area contributed by atoms with Crippen molar-refractivity contribution in [3.63, 3.8) is 0 Å². The van der Waals surface area contributed by atoms with Gasteiger partial charge in [-0.15, -0.1) is 0 Å². The van der Waals surface area contributed by atoms with Crippen molar-refractivity contribution in [2.75, 3.05) is 25.4 Å². The lowest BCUT2D eigenvalue weighted by molar-refractivity contribution is 0.216. The fourth-order valence-electron chi connectivity index (χ4n) is 2.38. The molecule has 1 aliphatic rings. The Hall–Kier alpha value is -1.22. The molecule has 3 nitrogen and oxygen atoms in total. The molecule has 0 unspecified atom stereocenters. The van der Waals surface area contributed by atoms with Crippen LogP contribution in [-0.4, -0.2) is 24.6 Å². The quantitative estimate of drug-likeness (QED) is 0.814. The molecule has 2 rings (SSSR count). The number of nitrogen functional groups attached to an aromatic ring is 1. The van der Waals surface area contributed by atoms with E-state index in [0.717, 1.165) is 18.0 Å². The Kier molecular flexibility index (Phi) is 4.26. The van der Waals surface area contributed by atoms with Crippen LogP contribution in [0.1, 0.15) is 31.7 Å². The lowest BCUT2D eigenvalue weighted by Gasteiger charge is -2.27. The molecule has 0 atom stereocenters. The fraction of sp³-hybridized carbons (Fsp3) is 0.571. The van der Waals surface area contributed by atoms with Gasteiger partial charge in [0.2, 0.25) is 0 Å². The summed E-state index contributed by atoms with van der Waals surface area (Å²) in [4.78, 5) is 2.49. The number of hydrogen-bond donors (Lipinski definition) is 1. The van der Waals surface area contributed by atoms with E-state index in [9.17, 15) is 0 Å². The summed E-state index contributed by atoms with van der Waals surface area (Å²) in [7, 11) is 0. The third-order valence-electron chi connectivity index (χ3n) is 3.23.